The minimum absolute atomic E-state index is 0.369. The summed E-state index contributed by atoms with van der Waals surface area (Å²) in [4.78, 5) is 2.62. The van der Waals surface area contributed by atoms with E-state index in [4.69, 9.17) is 0 Å². The fourth-order valence-electron chi connectivity index (χ4n) is 2.43. The third-order valence-electron chi connectivity index (χ3n) is 3.65. The van der Waals surface area contributed by atoms with E-state index in [1.54, 1.807) is 0 Å². The first-order valence-corrected chi connectivity index (χ1v) is 6.91. The highest BCUT2D eigenvalue weighted by molar-refractivity contribution is 7.80. The van der Waals surface area contributed by atoms with Crippen LogP contribution in [0.4, 0.5) is 0 Å². The first-order valence-electron chi connectivity index (χ1n) is 6.28. The molecule has 0 aliphatic carbocycles. The van der Waals surface area contributed by atoms with Crippen molar-refractivity contribution in [3.05, 3.63) is 0 Å². The minimum atomic E-state index is 0.369. The van der Waals surface area contributed by atoms with E-state index < -0.39 is 0 Å². The van der Waals surface area contributed by atoms with Gasteiger partial charge in [-0.3, -0.25) is 0 Å². The van der Waals surface area contributed by atoms with Crippen LogP contribution in [0.2, 0.25) is 0 Å². The third-order valence-corrected chi connectivity index (χ3v) is 4.51. The summed E-state index contributed by atoms with van der Waals surface area (Å²) < 4.78 is 0. The maximum absolute atomic E-state index is 4.42. The number of likely N-dealkylation sites (tertiary alicyclic amines) is 1. The number of hydrogen-bond acceptors (Lipinski definition) is 2. The lowest BCUT2D eigenvalue weighted by Crippen LogP contribution is -2.41. The molecule has 0 radical (unpaired) electrons. The number of rotatable bonds is 4. The van der Waals surface area contributed by atoms with Crippen molar-refractivity contribution in [2.75, 3.05) is 25.4 Å². The number of nitrogens with zero attached hydrogens (tertiary/aromatic N) is 1. The summed E-state index contributed by atoms with van der Waals surface area (Å²) >= 11 is 4.42. The Morgan fingerprint density at radius 2 is 1.80 bits per heavy atom. The fourth-order valence-corrected chi connectivity index (χ4v) is 2.53. The molecule has 1 saturated heterocycles. The topological polar surface area (TPSA) is 3.24 Å². The van der Waals surface area contributed by atoms with Gasteiger partial charge >= 0.3 is 0 Å². The van der Waals surface area contributed by atoms with E-state index in [0.29, 0.717) is 5.41 Å². The summed E-state index contributed by atoms with van der Waals surface area (Å²) in [6.45, 7) is 13.1. The quantitative estimate of drug-likeness (QED) is 0.724. The van der Waals surface area contributed by atoms with Gasteiger partial charge in [0.1, 0.15) is 0 Å². The van der Waals surface area contributed by atoms with Crippen molar-refractivity contribution in [2.45, 2.75) is 40.5 Å². The SMILES string of the molecule is CC(C)C1CCN(CC(C)(C)CS)CC1. The van der Waals surface area contributed by atoms with E-state index in [0.717, 1.165) is 17.6 Å². The van der Waals surface area contributed by atoms with Gasteiger partial charge in [-0.15, -0.1) is 0 Å². The smallest absolute Gasteiger partial charge is 0.00405 e. The van der Waals surface area contributed by atoms with Crippen LogP contribution in [-0.4, -0.2) is 30.3 Å². The Hall–Kier alpha value is 0.310. The van der Waals surface area contributed by atoms with E-state index >= 15 is 0 Å². The molecule has 1 rings (SSSR count). The van der Waals surface area contributed by atoms with Crippen LogP contribution in [0.1, 0.15) is 40.5 Å². The number of hydrogen-bond donors (Lipinski definition) is 1. The summed E-state index contributed by atoms with van der Waals surface area (Å²) in [7, 11) is 0. The van der Waals surface area contributed by atoms with Crippen molar-refractivity contribution in [1.82, 2.24) is 4.90 Å². The molecule has 15 heavy (non-hydrogen) atoms. The molecule has 0 unspecified atom stereocenters. The van der Waals surface area contributed by atoms with Gasteiger partial charge in [-0.25, -0.2) is 0 Å². The standard InChI is InChI=1S/C13H27NS/c1-11(2)12-5-7-14(8-6-12)9-13(3,4)10-15/h11-12,15H,5-10H2,1-4H3. The molecule has 0 aromatic carbocycles. The first-order chi connectivity index (χ1) is 6.94. The lowest BCUT2D eigenvalue weighted by atomic mass is 9.85. The zero-order valence-electron chi connectivity index (χ0n) is 10.8. The summed E-state index contributed by atoms with van der Waals surface area (Å²) in [6.07, 6.45) is 2.78. The van der Waals surface area contributed by atoms with Crippen LogP contribution in [0.5, 0.6) is 0 Å². The average molecular weight is 229 g/mol. The zero-order chi connectivity index (χ0) is 11.5. The Bertz CT molecular complexity index is 181. The maximum atomic E-state index is 4.42. The molecule has 1 aliphatic rings. The van der Waals surface area contributed by atoms with Gasteiger partial charge in [0.05, 0.1) is 0 Å². The Kier molecular flexibility index (Phi) is 4.98. The Morgan fingerprint density at radius 3 is 2.20 bits per heavy atom. The van der Waals surface area contributed by atoms with Gasteiger partial charge in [0.25, 0.3) is 0 Å². The molecule has 0 saturated carbocycles. The van der Waals surface area contributed by atoms with Gasteiger partial charge < -0.3 is 4.90 Å². The summed E-state index contributed by atoms with van der Waals surface area (Å²) in [6, 6.07) is 0. The molecule has 1 aliphatic heterocycles. The van der Waals surface area contributed by atoms with Crippen LogP contribution < -0.4 is 0 Å². The highest BCUT2D eigenvalue weighted by Gasteiger charge is 2.25. The van der Waals surface area contributed by atoms with Crippen molar-refractivity contribution in [3.63, 3.8) is 0 Å². The monoisotopic (exact) mass is 229 g/mol. The Morgan fingerprint density at radius 1 is 1.27 bits per heavy atom. The second-order valence-corrected chi connectivity index (χ2v) is 6.50. The number of piperidine rings is 1. The molecule has 0 N–H and O–H groups in total. The van der Waals surface area contributed by atoms with E-state index in [1.807, 2.05) is 0 Å². The van der Waals surface area contributed by atoms with Crippen LogP contribution in [0.25, 0.3) is 0 Å². The van der Waals surface area contributed by atoms with Gasteiger partial charge in [-0.05, 0) is 48.9 Å². The second-order valence-electron chi connectivity index (χ2n) is 6.18. The molecule has 0 spiro atoms. The van der Waals surface area contributed by atoms with Crippen LogP contribution in [0, 0.1) is 17.3 Å². The highest BCUT2D eigenvalue weighted by Crippen LogP contribution is 2.27. The Labute approximate surface area is 101 Å². The fraction of sp³-hybridized carbons (Fsp3) is 1.00. The van der Waals surface area contributed by atoms with Crippen molar-refractivity contribution < 1.29 is 0 Å². The molecule has 0 atom stereocenters. The van der Waals surface area contributed by atoms with Crippen LogP contribution in [-0.2, 0) is 0 Å². The summed E-state index contributed by atoms with van der Waals surface area (Å²) in [5.74, 6) is 2.81. The first kappa shape index (κ1) is 13.4. The van der Waals surface area contributed by atoms with Crippen LogP contribution in [0.15, 0.2) is 0 Å². The summed E-state index contributed by atoms with van der Waals surface area (Å²) in [5, 5.41) is 0. The van der Waals surface area contributed by atoms with E-state index in [2.05, 4.69) is 45.2 Å². The number of thiol groups is 1. The molecule has 0 aromatic heterocycles. The Balaban J connectivity index is 2.32. The van der Waals surface area contributed by atoms with E-state index in [1.165, 1.54) is 32.5 Å². The van der Waals surface area contributed by atoms with Crippen LogP contribution >= 0.6 is 12.6 Å². The van der Waals surface area contributed by atoms with Crippen molar-refractivity contribution in [1.29, 1.82) is 0 Å². The lowest BCUT2D eigenvalue weighted by Gasteiger charge is -2.38. The largest absolute Gasteiger partial charge is 0.303 e. The zero-order valence-corrected chi connectivity index (χ0v) is 11.7. The van der Waals surface area contributed by atoms with Gasteiger partial charge in [-0.2, -0.15) is 12.6 Å². The molecule has 0 amide bonds. The van der Waals surface area contributed by atoms with Gasteiger partial charge in [0.2, 0.25) is 0 Å². The maximum Gasteiger partial charge on any atom is 0.00405 e. The van der Waals surface area contributed by atoms with Gasteiger partial charge in [-0.1, -0.05) is 27.7 Å². The van der Waals surface area contributed by atoms with Gasteiger partial charge in [0, 0.05) is 6.54 Å². The average Bonchev–Trinajstić information content (AvgIpc) is 2.18. The molecule has 90 valence electrons. The highest BCUT2D eigenvalue weighted by atomic mass is 32.1. The molecular weight excluding hydrogens is 202 g/mol. The van der Waals surface area contributed by atoms with E-state index in [-0.39, 0.29) is 0 Å². The molecular formula is C13H27NS. The normalized spacial score (nSPS) is 21.2. The van der Waals surface area contributed by atoms with Gasteiger partial charge in [0.15, 0.2) is 0 Å². The molecule has 0 aromatic rings. The molecule has 1 fully saturated rings. The third kappa shape index (κ3) is 4.36. The van der Waals surface area contributed by atoms with Crippen molar-refractivity contribution in [3.8, 4) is 0 Å². The minimum Gasteiger partial charge on any atom is -0.303 e. The molecule has 1 heterocycles. The molecule has 1 nitrogen and oxygen atoms in total. The van der Waals surface area contributed by atoms with E-state index in [9.17, 15) is 0 Å². The van der Waals surface area contributed by atoms with Crippen molar-refractivity contribution >= 4 is 12.6 Å². The lowest BCUT2D eigenvalue weighted by molar-refractivity contribution is 0.122. The second kappa shape index (κ2) is 5.58. The molecule has 0 bridgehead atoms. The predicted octanol–water partition coefficient (Wildman–Crippen LogP) is 3.31. The van der Waals surface area contributed by atoms with Crippen molar-refractivity contribution in [2.24, 2.45) is 17.3 Å². The van der Waals surface area contributed by atoms with Crippen LogP contribution in [0.3, 0.4) is 0 Å². The predicted molar refractivity (Wildman–Crippen MR) is 71.6 cm³/mol. The molecule has 2 heteroatoms. The summed E-state index contributed by atoms with van der Waals surface area (Å²) in [5.41, 5.74) is 0.369.